The van der Waals surface area contributed by atoms with Crippen LogP contribution in [0.3, 0.4) is 0 Å². The number of carboxylic acids is 1. The Labute approximate surface area is 107 Å². The van der Waals surface area contributed by atoms with Gasteiger partial charge in [-0.15, -0.1) is 0 Å². The lowest BCUT2D eigenvalue weighted by molar-refractivity contribution is 0.0689. The summed E-state index contributed by atoms with van der Waals surface area (Å²) in [5.41, 5.74) is 6.85. The smallest absolute Gasteiger partial charge is 0.356 e. The molecule has 0 amide bonds. The molecule has 0 saturated carbocycles. The predicted molar refractivity (Wildman–Crippen MR) is 68.7 cm³/mol. The second-order valence-electron chi connectivity index (χ2n) is 5.73. The fraction of sp³-hybridized carbons (Fsp3) is 0.692. The minimum atomic E-state index is -0.918. The molecule has 5 nitrogen and oxygen atoms in total. The van der Waals surface area contributed by atoms with E-state index < -0.39 is 5.97 Å². The number of aromatic nitrogens is 2. The molecule has 0 radical (unpaired) electrons. The molecule has 0 aliphatic carbocycles. The Morgan fingerprint density at radius 1 is 1.50 bits per heavy atom. The lowest BCUT2D eigenvalue weighted by Gasteiger charge is -2.20. The zero-order valence-corrected chi connectivity index (χ0v) is 11.1. The Hall–Kier alpha value is -1.36. The van der Waals surface area contributed by atoms with Gasteiger partial charge in [0, 0.05) is 18.5 Å². The van der Waals surface area contributed by atoms with Gasteiger partial charge in [0.1, 0.15) is 5.82 Å². The first-order valence-corrected chi connectivity index (χ1v) is 6.49. The van der Waals surface area contributed by atoms with Crippen molar-refractivity contribution in [3.8, 4) is 0 Å². The minimum absolute atomic E-state index is 0.236. The van der Waals surface area contributed by atoms with Crippen LogP contribution in [-0.4, -0.2) is 26.2 Å². The van der Waals surface area contributed by atoms with E-state index in [1.54, 1.807) is 0 Å². The summed E-state index contributed by atoms with van der Waals surface area (Å²) in [6.07, 6.45) is 4.52. The molecular formula is C13H21N3O2. The van der Waals surface area contributed by atoms with Crippen molar-refractivity contribution in [3.63, 3.8) is 0 Å². The summed E-state index contributed by atoms with van der Waals surface area (Å²) in [6, 6.07) is 0. The van der Waals surface area contributed by atoms with Gasteiger partial charge in [-0.3, -0.25) is 0 Å². The molecule has 1 aromatic rings. The predicted octanol–water partition coefficient (Wildman–Crippen LogP) is 1.59. The molecule has 1 aliphatic heterocycles. The molecule has 3 N–H and O–H groups in total. The molecule has 0 spiro atoms. The highest BCUT2D eigenvalue weighted by molar-refractivity contribution is 5.86. The summed E-state index contributed by atoms with van der Waals surface area (Å²) in [5.74, 6) is -0.0421. The molecule has 0 bridgehead atoms. The lowest BCUT2D eigenvalue weighted by Crippen LogP contribution is -2.32. The Balaban J connectivity index is 2.27. The van der Waals surface area contributed by atoms with E-state index >= 15 is 0 Å². The van der Waals surface area contributed by atoms with E-state index in [-0.39, 0.29) is 11.2 Å². The lowest BCUT2D eigenvalue weighted by atomic mass is 10.00. The number of carbonyl (C=O) groups is 1. The number of rotatable bonds is 4. The van der Waals surface area contributed by atoms with Gasteiger partial charge in [0.25, 0.3) is 0 Å². The second kappa shape index (κ2) is 4.72. The highest BCUT2D eigenvalue weighted by Gasteiger charge is 2.24. The van der Waals surface area contributed by atoms with E-state index in [0.717, 1.165) is 50.2 Å². The molecule has 100 valence electrons. The van der Waals surface area contributed by atoms with Crippen molar-refractivity contribution in [2.45, 2.75) is 58.0 Å². The fourth-order valence-electron chi connectivity index (χ4n) is 2.41. The van der Waals surface area contributed by atoms with Gasteiger partial charge in [-0.2, -0.15) is 0 Å². The molecule has 1 aliphatic rings. The molecule has 0 saturated heterocycles. The van der Waals surface area contributed by atoms with E-state index in [1.165, 1.54) is 0 Å². The van der Waals surface area contributed by atoms with E-state index in [0.29, 0.717) is 0 Å². The van der Waals surface area contributed by atoms with Crippen molar-refractivity contribution in [1.29, 1.82) is 0 Å². The first-order chi connectivity index (χ1) is 8.38. The number of imidazole rings is 1. The highest BCUT2D eigenvalue weighted by Crippen LogP contribution is 2.22. The zero-order chi connectivity index (χ0) is 13.3. The van der Waals surface area contributed by atoms with E-state index in [1.807, 2.05) is 13.8 Å². The van der Waals surface area contributed by atoms with Gasteiger partial charge in [0.15, 0.2) is 5.69 Å². The number of nitrogens with zero attached hydrogens (tertiary/aromatic N) is 2. The maximum Gasteiger partial charge on any atom is 0.356 e. The molecule has 5 heteroatoms. The van der Waals surface area contributed by atoms with Crippen molar-refractivity contribution in [2.24, 2.45) is 5.73 Å². The number of fused-ring (bicyclic) bond motifs is 1. The van der Waals surface area contributed by atoms with Crippen molar-refractivity contribution < 1.29 is 9.90 Å². The Bertz CT molecular complexity index is 458. The largest absolute Gasteiger partial charge is 0.476 e. The SMILES string of the molecule is CC(C)(N)CCc1nc(C(=O)O)c2n1CCCC2. The first kappa shape index (κ1) is 13.1. The van der Waals surface area contributed by atoms with Crippen molar-refractivity contribution >= 4 is 5.97 Å². The van der Waals surface area contributed by atoms with Crippen molar-refractivity contribution in [1.82, 2.24) is 9.55 Å². The van der Waals surface area contributed by atoms with Gasteiger partial charge in [-0.05, 0) is 39.5 Å². The number of aromatic carboxylic acids is 1. The maximum absolute atomic E-state index is 11.2. The number of nitrogens with two attached hydrogens (primary N) is 1. The normalized spacial score (nSPS) is 15.5. The van der Waals surface area contributed by atoms with Crippen LogP contribution in [-0.2, 0) is 19.4 Å². The van der Waals surface area contributed by atoms with E-state index in [9.17, 15) is 9.90 Å². The van der Waals surface area contributed by atoms with E-state index in [4.69, 9.17) is 5.73 Å². The van der Waals surface area contributed by atoms with Crippen LogP contribution in [0.1, 0.15) is 55.1 Å². The molecular weight excluding hydrogens is 230 g/mol. The molecule has 18 heavy (non-hydrogen) atoms. The topological polar surface area (TPSA) is 81.1 Å². The molecule has 2 rings (SSSR count). The number of hydrogen-bond acceptors (Lipinski definition) is 3. The Morgan fingerprint density at radius 3 is 2.83 bits per heavy atom. The molecule has 0 aromatic carbocycles. The number of hydrogen-bond donors (Lipinski definition) is 2. The van der Waals surface area contributed by atoms with Crippen LogP contribution >= 0.6 is 0 Å². The van der Waals surface area contributed by atoms with Crippen LogP contribution < -0.4 is 5.73 Å². The summed E-state index contributed by atoms with van der Waals surface area (Å²) in [7, 11) is 0. The van der Waals surface area contributed by atoms with Gasteiger partial charge in [-0.1, -0.05) is 0 Å². The summed E-state index contributed by atoms with van der Waals surface area (Å²) in [4.78, 5) is 15.5. The maximum atomic E-state index is 11.2. The van der Waals surface area contributed by atoms with Crippen LogP contribution in [0.4, 0.5) is 0 Å². The molecule has 0 fully saturated rings. The third kappa shape index (κ3) is 2.72. The van der Waals surface area contributed by atoms with Crippen LogP contribution in [0.25, 0.3) is 0 Å². The van der Waals surface area contributed by atoms with Gasteiger partial charge in [0.05, 0.1) is 5.69 Å². The van der Waals surface area contributed by atoms with Crippen molar-refractivity contribution in [3.05, 3.63) is 17.2 Å². The molecule has 2 heterocycles. The van der Waals surface area contributed by atoms with Crippen LogP contribution in [0.2, 0.25) is 0 Å². The summed E-state index contributed by atoms with van der Waals surface area (Å²) >= 11 is 0. The molecule has 1 aromatic heterocycles. The zero-order valence-electron chi connectivity index (χ0n) is 11.1. The fourth-order valence-corrected chi connectivity index (χ4v) is 2.41. The van der Waals surface area contributed by atoms with Gasteiger partial charge in [-0.25, -0.2) is 9.78 Å². The average molecular weight is 251 g/mol. The van der Waals surface area contributed by atoms with Gasteiger partial charge < -0.3 is 15.4 Å². The third-order valence-electron chi connectivity index (χ3n) is 3.39. The first-order valence-electron chi connectivity index (χ1n) is 6.49. The van der Waals surface area contributed by atoms with Gasteiger partial charge >= 0.3 is 5.97 Å². The molecule has 0 unspecified atom stereocenters. The minimum Gasteiger partial charge on any atom is -0.476 e. The monoisotopic (exact) mass is 251 g/mol. The van der Waals surface area contributed by atoms with Crippen LogP contribution in [0, 0.1) is 0 Å². The average Bonchev–Trinajstić information content (AvgIpc) is 2.64. The van der Waals surface area contributed by atoms with Crippen LogP contribution in [0.5, 0.6) is 0 Å². The second-order valence-corrected chi connectivity index (χ2v) is 5.73. The highest BCUT2D eigenvalue weighted by atomic mass is 16.4. The Morgan fingerprint density at radius 2 is 2.22 bits per heavy atom. The quantitative estimate of drug-likeness (QED) is 0.851. The van der Waals surface area contributed by atoms with Crippen molar-refractivity contribution in [2.75, 3.05) is 0 Å². The Kier molecular flexibility index (Phi) is 3.43. The summed E-state index contributed by atoms with van der Waals surface area (Å²) < 4.78 is 2.08. The summed E-state index contributed by atoms with van der Waals surface area (Å²) in [6.45, 7) is 4.84. The number of carboxylic acid groups (broad SMARTS) is 1. The standard InChI is InChI=1S/C13H21N3O2/c1-13(2,14)7-6-10-15-11(12(17)18)9-5-3-4-8-16(9)10/h3-8,14H2,1-2H3,(H,17,18). The van der Waals surface area contributed by atoms with E-state index in [2.05, 4.69) is 9.55 Å². The van der Waals surface area contributed by atoms with Crippen LogP contribution in [0.15, 0.2) is 0 Å². The number of aryl methyl sites for hydroxylation is 1. The third-order valence-corrected chi connectivity index (χ3v) is 3.39. The summed E-state index contributed by atoms with van der Waals surface area (Å²) in [5, 5.41) is 9.18. The van der Waals surface area contributed by atoms with Gasteiger partial charge in [0.2, 0.25) is 0 Å². The molecule has 0 atom stereocenters.